The van der Waals surface area contributed by atoms with Gasteiger partial charge in [-0.15, -0.1) is 0 Å². The average Bonchev–Trinajstić information content (AvgIpc) is 2.44. The summed E-state index contributed by atoms with van der Waals surface area (Å²) in [7, 11) is 0. The summed E-state index contributed by atoms with van der Waals surface area (Å²) in [6, 6.07) is 1.54. The molecule has 0 fully saturated rings. The Hall–Kier alpha value is -1.78. The first kappa shape index (κ1) is 16.3. The third-order valence-electron chi connectivity index (χ3n) is 2.85. The normalized spacial score (nSPS) is 10.3. The highest BCUT2D eigenvalue weighted by Crippen LogP contribution is 2.19. The van der Waals surface area contributed by atoms with Crippen LogP contribution < -0.4 is 10.5 Å². The summed E-state index contributed by atoms with van der Waals surface area (Å²) in [5.41, 5.74) is 6.36. The van der Waals surface area contributed by atoms with Crippen molar-refractivity contribution in [1.82, 2.24) is 4.98 Å². The maximum absolute atomic E-state index is 11.8. The first-order valence-corrected chi connectivity index (χ1v) is 7.24. The van der Waals surface area contributed by atoms with E-state index >= 15 is 0 Å². The van der Waals surface area contributed by atoms with Crippen molar-refractivity contribution in [3.63, 3.8) is 0 Å². The number of rotatable bonds is 9. The Bertz CT molecular complexity index is 422. The van der Waals surface area contributed by atoms with Crippen molar-refractivity contribution in [2.45, 2.75) is 46.0 Å². The molecule has 0 spiro atoms. The maximum Gasteiger partial charge on any atom is 0.343 e. The van der Waals surface area contributed by atoms with Crippen LogP contribution in [0.15, 0.2) is 12.3 Å². The summed E-state index contributed by atoms with van der Waals surface area (Å²) < 4.78 is 10.5. The van der Waals surface area contributed by atoms with Gasteiger partial charge in [-0.2, -0.15) is 0 Å². The predicted octanol–water partition coefficient (Wildman–Crippen LogP) is 3.19. The van der Waals surface area contributed by atoms with Crippen molar-refractivity contribution in [2.24, 2.45) is 0 Å². The average molecular weight is 280 g/mol. The highest BCUT2D eigenvalue weighted by Gasteiger charge is 2.15. The quantitative estimate of drug-likeness (QED) is 0.555. The molecule has 1 rings (SSSR count). The summed E-state index contributed by atoms with van der Waals surface area (Å²) in [5.74, 6) is -0.151. The molecule has 0 unspecified atom stereocenters. The Kier molecular flexibility index (Phi) is 7.47. The largest absolute Gasteiger partial charge is 0.477 e. The smallest absolute Gasteiger partial charge is 0.343 e. The molecule has 5 nitrogen and oxygen atoms in total. The summed E-state index contributed by atoms with van der Waals surface area (Å²) in [4.78, 5) is 15.9. The lowest BCUT2D eigenvalue weighted by atomic mass is 10.2. The van der Waals surface area contributed by atoms with Crippen LogP contribution in [-0.2, 0) is 4.74 Å². The van der Waals surface area contributed by atoms with Gasteiger partial charge < -0.3 is 15.2 Å². The minimum absolute atomic E-state index is 0.292. The minimum Gasteiger partial charge on any atom is -0.477 e. The van der Waals surface area contributed by atoms with E-state index in [1.165, 1.54) is 31.5 Å². The molecule has 0 aliphatic carbocycles. The van der Waals surface area contributed by atoms with E-state index < -0.39 is 5.97 Å². The van der Waals surface area contributed by atoms with Crippen molar-refractivity contribution < 1.29 is 14.3 Å². The van der Waals surface area contributed by atoms with Crippen LogP contribution >= 0.6 is 0 Å². The number of nitrogen functional groups attached to an aromatic ring is 1. The topological polar surface area (TPSA) is 74.4 Å². The number of hydrogen-bond donors (Lipinski definition) is 1. The number of nitrogens with two attached hydrogens (primary N) is 1. The second kappa shape index (κ2) is 9.18. The van der Waals surface area contributed by atoms with Gasteiger partial charge >= 0.3 is 5.97 Å². The molecule has 0 aromatic carbocycles. The van der Waals surface area contributed by atoms with Crippen LogP contribution in [0.3, 0.4) is 0 Å². The number of carbonyl (C=O) groups is 1. The number of hydrogen-bond acceptors (Lipinski definition) is 5. The van der Waals surface area contributed by atoms with Gasteiger partial charge in [0.25, 0.3) is 0 Å². The monoisotopic (exact) mass is 280 g/mol. The number of pyridine rings is 1. The molecule has 1 aromatic rings. The molecular weight excluding hydrogens is 256 g/mol. The molecule has 0 saturated carbocycles. The molecule has 1 aromatic heterocycles. The Balaban J connectivity index is 2.53. The molecule has 0 saturated heterocycles. The number of aromatic nitrogens is 1. The van der Waals surface area contributed by atoms with Crippen molar-refractivity contribution in [2.75, 3.05) is 18.9 Å². The molecular formula is C15H24N2O3. The zero-order valence-electron chi connectivity index (χ0n) is 12.4. The second-order valence-corrected chi connectivity index (χ2v) is 4.60. The number of nitrogens with zero attached hydrogens (tertiary/aromatic N) is 1. The lowest BCUT2D eigenvalue weighted by molar-refractivity contribution is 0.0520. The van der Waals surface area contributed by atoms with Gasteiger partial charge in [-0.3, -0.25) is 0 Å². The van der Waals surface area contributed by atoms with Crippen LogP contribution in [0.5, 0.6) is 5.88 Å². The van der Waals surface area contributed by atoms with Gasteiger partial charge in [0.1, 0.15) is 5.56 Å². The van der Waals surface area contributed by atoms with Gasteiger partial charge in [0.15, 0.2) is 0 Å². The van der Waals surface area contributed by atoms with E-state index in [4.69, 9.17) is 15.2 Å². The Morgan fingerprint density at radius 1 is 1.25 bits per heavy atom. The van der Waals surface area contributed by atoms with Crippen LogP contribution in [0.1, 0.15) is 56.3 Å². The molecule has 0 amide bonds. The summed E-state index contributed by atoms with van der Waals surface area (Å²) in [6.07, 6.45) is 7.22. The minimum atomic E-state index is -0.451. The van der Waals surface area contributed by atoms with Crippen LogP contribution in [0.25, 0.3) is 0 Å². The molecule has 0 aliphatic rings. The zero-order chi connectivity index (χ0) is 14.8. The third kappa shape index (κ3) is 5.47. The van der Waals surface area contributed by atoms with Crippen molar-refractivity contribution in [3.05, 3.63) is 17.8 Å². The third-order valence-corrected chi connectivity index (χ3v) is 2.85. The van der Waals surface area contributed by atoms with E-state index in [2.05, 4.69) is 11.9 Å². The fourth-order valence-electron chi connectivity index (χ4n) is 1.81. The maximum atomic E-state index is 11.8. The lowest BCUT2D eigenvalue weighted by Gasteiger charge is -2.10. The molecule has 1 heterocycles. The van der Waals surface area contributed by atoms with Gasteiger partial charge in [0.2, 0.25) is 5.88 Å². The first-order valence-electron chi connectivity index (χ1n) is 7.24. The first-order chi connectivity index (χ1) is 9.69. The highest BCUT2D eigenvalue weighted by molar-refractivity contribution is 5.92. The van der Waals surface area contributed by atoms with Crippen molar-refractivity contribution >= 4 is 11.7 Å². The van der Waals surface area contributed by atoms with E-state index in [1.807, 2.05) is 0 Å². The zero-order valence-corrected chi connectivity index (χ0v) is 12.4. The standard InChI is InChI=1S/C15H24N2O3/c1-3-5-6-7-8-9-20-14-13(15(18)19-4-2)10-12(16)11-17-14/h10-11H,3-9,16H2,1-2H3. The van der Waals surface area contributed by atoms with Crippen LogP contribution in [0, 0.1) is 0 Å². The molecule has 0 bridgehead atoms. The number of esters is 1. The molecule has 0 atom stereocenters. The highest BCUT2D eigenvalue weighted by atomic mass is 16.5. The molecule has 0 radical (unpaired) electrons. The van der Waals surface area contributed by atoms with E-state index in [1.54, 1.807) is 6.92 Å². The van der Waals surface area contributed by atoms with Gasteiger partial charge in [-0.25, -0.2) is 9.78 Å². The van der Waals surface area contributed by atoms with Crippen LogP contribution in [-0.4, -0.2) is 24.2 Å². The molecule has 112 valence electrons. The predicted molar refractivity (Wildman–Crippen MR) is 78.9 cm³/mol. The van der Waals surface area contributed by atoms with E-state index in [0.717, 1.165) is 12.8 Å². The fraction of sp³-hybridized carbons (Fsp3) is 0.600. The van der Waals surface area contributed by atoms with Gasteiger partial charge in [-0.05, 0) is 19.4 Å². The van der Waals surface area contributed by atoms with Crippen LogP contribution in [0.4, 0.5) is 5.69 Å². The van der Waals surface area contributed by atoms with Gasteiger partial charge in [0, 0.05) is 0 Å². The second-order valence-electron chi connectivity index (χ2n) is 4.60. The summed E-state index contributed by atoms with van der Waals surface area (Å²) >= 11 is 0. The summed E-state index contributed by atoms with van der Waals surface area (Å²) in [5, 5.41) is 0. The number of carbonyl (C=O) groups excluding carboxylic acids is 1. The van der Waals surface area contributed by atoms with Crippen molar-refractivity contribution in [3.8, 4) is 5.88 Å². The van der Waals surface area contributed by atoms with Gasteiger partial charge in [-0.1, -0.05) is 32.6 Å². The molecule has 5 heteroatoms. The molecule has 20 heavy (non-hydrogen) atoms. The van der Waals surface area contributed by atoms with Gasteiger partial charge in [0.05, 0.1) is 25.1 Å². The number of unbranched alkanes of at least 4 members (excludes halogenated alkanes) is 4. The molecule has 0 aliphatic heterocycles. The van der Waals surface area contributed by atoms with Crippen molar-refractivity contribution in [1.29, 1.82) is 0 Å². The SMILES string of the molecule is CCCCCCCOc1ncc(N)cc1C(=O)OCC. The van der Waals surface area contributed by atoms with Crippen LogP contribution in [0.2, 0.25) is 0 Å². The molecule has 2 N–H and O–H groups in total. The Labute approximate surface area is 120 Å². The number of ether oxygens (including phenoxy) is 2. The Morgan fingerprint density at radius 3 is 2.70 bits per heavy atom. The number of anilines is 1. The lowest BCUT2D eigenvalue weighted by Crippen LogP contribution is -2.10. The fourth-order valence-corrected chi connectivity index (χ4v) is 1.81. The van der Waals surface area contributed by atoms with E-state index in [0.29, 0.717) is 30.3 Å². The van der Waals surface area contributed by atoms with E-state index in [9.17, 15) is 4.79 Å². The summed E-state index contributed by atoms with van der Waals surface area (Å²) in [6.45, 7) is 4.80. The van der Waals surface area contributed by atoms with E-state index in [-0.39, 0.29) is 0 Å². The Morgan fingerprint density at radius 2 is 2.00 bits per heavy atom.